The summed E-state index contributed by atoms with van der Waals surface area (Å²) < 4.78 is 9.00. The second kappa shape index (κ2) is 3.42. The monoisotopic (exact) mass is 158 g/mol. The summed E-state index contributed by atoms with van der Waals surface area (Å²) in [7, 11) is 1.26. The van der Waals surface area contributed by atoms with Gasteiger partial charge in [-0.3, -0.25) is 0 Å². The molecule has 0 amide bonds. The first-order chi connectivity index (χ1) is 4.88. The van der Waals surface area contributed by atoms with Gasteiger partial charge in [0.1, 0.15) is 5.76 Å². The van der Waals surface area contributed by atoms with E-state index in [1.807, 2.05) is 20.8 Å². The second-order valence-corrected chi connectivity index (χ2v) is 3.23. The summed E-state index contributed by atoms with van der Waals surface area (Å²) in [5.41, 5.74) is -0.228. The molecule has 0 radical (unpaired) electrons. The highest BCUT2D eigenvalue weighted by molar-refractivity contribution is 5.61. The number of methoxy groups -OCH3 is 1. The van der Waals surface area contributed by atoms with Crippen molar-refractivity contribution in [1.29, 1.82) is 0 Å². The van der Waals surface area contributed by atoms with Gasteiger partial charge in [0.05, 0.1) is 7.11 Å². The highest BCUT2D eigenvalue weighted by Crippen LogP contribution is 2.24. The molecule has 0 heterocycles. The Hall–Kier alpha value is -0.990. The average Bonchev–Trinajstić information content (AvgIpc) is 1.85. The van der Waals surface area contributed by atoms with Crippen molar-refractivity contribution < 1.29 is 14.3 Å². The number of rotatable bonds is 1. The summed E-state index contributed by atoms with van der Waals surface area (Å²) in [6.07, 6.45) is -0.718. The highest BCUT2D eigenvalue weighted by atomic mass is 16.7. The summed E-state index contributed by atoms with van der Waals surface area (Å²) in [4.78, 5) is 10.6. The zero-order valence-corrected chi connectivity index (χ0v) is 7.43. The molecule has 0 N–H and O–H groups in total. The van der Waals surface area contributed by atoms with Gasteiger partial charge in [0.25, 0.3) is 0 Å². The van der Waals surface area contributed by atoms with Crippen LogP contribution in [-0.2, 0) is 9.47 Å². The fourth-order valence-electron chi connectivity index (χ4n) is 0.295. The van der Waals surface area contributed by atoms with Crippen molar-refractivity contribution in [3.63, 3.8) is 0 Å². The van der Waals surface area contributed by atoms with Crippen LogP contribution < -0.4 is 0 Å². The Morgan fingerprint density at radius 2 is 1.82 bits per heavy atom. The van der Waals surface area contributed by atoms with E-state index in [0.717, 1.165) is 0 Å². The van der Waals surface area contributed by atoms with Crippen LogP contribution in [0.4, 0.5) is 4.79 Å². The van der Waals surface area contributed by atoms with E-state index in [-0.39, 0.29) is 5.41 Å². The lowest BCUT2D eigenvalue weighted by Crippen LogP contribution is -2.15. The molecule has 0 saturated carbocycles. The van der Waals surface area contributed by atoms with Gasteiger partial charge < -0.3 is 9.47 Å². The molecule has 0 saturated heterocycles. The first kappa shape index (κ1) is 10.0. The lowest BCUT2D eigenvalue weighted by Gasteiger charge is -2.19. The van der Waals surface area contributed by atoms with Crippen molar-refractivity contribution in [3.05, 3.63) is 12.3 Å². The summed E-state index contributed by atoms with van der Waals surface area (Å²) in [6, 6.07) is 0. The Kier molecular flexibility index (Phi) is 3.11. The largest absolute Gasteiger partial charge is 0.513 e. The van der Waals surface area contributed by atoms with Crippen molar-refractivity contribution >= 4 is 6.16 Å². The van der Waals surface area contributed by atoms with E-state index in [2.05, 4.69) is 11.3 Å². The lowest BCUT2D eigenvalue weighted by atomic mass is 9.95. The molecule has 0 rings (SSSR count). The first-order valence-corrected chi connectivity index (χ1v) is 3.33. The van der Waals surface area contributed by atoms with Gasteiger partial charge in [-0.25, -0.2) is 4.79 Å². The topological polar surface area (TPSA) is 35.5 Å². The van der Waals surface area contributed by atoms with Crippen LogP contribution in [0.25, 0.3) is 0 Å². The van der Waals surface area contributed by atoms with Crippen LogP contribution in [0.2, 0.25) is 0 Å². The van der Waals surface area contributed by atoms with Crippen LogP contribution in [0.3, 0.4) is 0 Å². The van der Waals surface area contributed by atoms with E-state index in [9.17, 15) is 4.79 Å². The van der Waals surface area contributed by atoms with Gasteiger partial charge in [-0.05, 0) is 0 Å². The molecule has 0 spiro atoms. The first-order valence-electron chi connectivity index (χ1n) is 3.33. The maximum atomic E-state index is 10.6. The molecule has 0 fully saturated rings. The van der Waals surface area contributed by atoms with Crippen molar-refractivity contribution in [2.45, 2.75) is 20.8 Å². The van der Waals surface area contributed by atoms with Crippen molar-refractivity contribution in [1.82, 2.24) is 0 Å². The molecular weight excluding hydrogens is 144 g/mol. The van der Waals surface area contributed by atoms with Gasteiger partial charge in [0, 0.05) is 5.41 Å². The highest BCUT2D eigenvalue weighted by Gasteiger charge is 2.19. The molecule has 0 unspecified atom stereocenters. The third kappa shape index (κ3) is 3.65. The number of allylic oxidation sites excluding steroid dienone is 1. The molecule has 0 atom stereocenters. The molecule has 3 nitrogen and oxygen atoms in total. The number of ether oxygens (including phenoxy) is 2. The van der Waals surface area contributed by atoms with Crippen molar-refractivity contribution in [2.75, 3.05) is 7.11 Å². The van der Waals surface area contributed by atoms with Crippen LogP contribution in [0.1, 0.15) is 20.8 Å². The minimum atomic E-state index is -0.718. The molecule has 0 aromatic carbocycles. The molecule has 3 heteroatoms. The third-order valence-corrected chi connectivity index (χ3v) is 1.21. The van der Waals surface area contributed by atoms with Crippen LogP contribution in [-0.4, -0.2) is 13.3 Å². The van der Waals surface area contributed by atoms with Gasteiger partial charge in [0.15, 0.2) is 0 Å². The van der Waals surface area contributed by atoms with Crippen molar-refractivity contribution in [3.8, 4) is 0 Å². The number of hydrogen-bond acceptors (Lipinski definition) is 3. The van der Waals surface area contributed by atoms with E-state index in [4.69, 9.17) is 4.74 Å². The third-order valence-electron chi connectivity index (χ3n) is 1.21. The van der Waals surface area contributed by atoms with E-state index >= 15 is 0 Å². The maximum absolute atomic E-state index is 10.6. The van der Waals surface area contributed by atoms with E-state index in [1.165, 1.54) is 7.11 Å². The molecule has 64 valence electrons. The Labute approximate surface area is 67.0 Å². The smallest absolute Gasteiger partial charge is 0.437 e. The van der Waals surface area contributed by atoms with Crippen molar-refractivity contribution in [2.24, 2.45) is 5.41 Å². The van der Waals surface area contributed by atoms with E-state index in [0.29, 0.717) is 5.76 Å². The predicted molar refractivity (Wildman–Crippen MR) is 42.1 cm³/mol. The Balaban J connectivity index is 3.99. The van der Waals surface area contributed by atoms with Gasteiger partial charge in [-0.1, -0.05) is 27.4 Å². The molecule has 0 aliphatic heterocycles. The Morgan fingerprint density at radius 3 is 2.09 bits per heavy atom. The van der Waals surface area contributed by atoms with Crippen LogP contribution >= 0.6 is 0 Å². The summed E-state index contributed by atoms with van der Waals surface area (Å²) in [6.45, 7) is 9.29. The standard InChI is InChI=1S/C8H14O3/c1-6(8(2,3)4)11-7(9)10-5/h1H2,2-5H3. The fourth-order valence-corrected chi connectivity index (χ4v) is 0.295. The zero-order valence-electron chi connectivity index (χ0n) is 7.43. The quantitative estimate of drug-likeness (QED) is 0.434. The van der Waals surface area contributed by atoms with Gasteiger partial charge in [-0.15, -0.1) is 0 Å². The van der Waals surface area contributed by atoms with Crippen LogP contribution in [0.5, 0.6) is 0 Å². The molecule has 0 aliphatic carbocycles. The second-order valence-electron chi connectivity index (χ2n) is 3.23. The predicted octanol–water partition coefficient (Wildman–Crippen LogP) is 2.33. The SMILES string of the molecule is C=C(OC(=O)OC)C(C)(C)C. The summed E-state index contributed by atoms with van der Waals surface area (Å²) in [5.74, 6) is 0.407. The number of hydrogen-bond donors (Lipinski definition) is 0. The Bertz CT molecular complexity index is 165. The maximum Gasteiger partial charge on any atom is 0.513 e. The van der Waals surface area contributed by atoms with E-state index < -0.39 is 6.16 Å². The summed E-state index contributed by atoms with van der Waals surface area (Å²) >= 11 is 0. The molecule has 0 aromatic heterocycles. The molecule has 0 aliphatic rings. The molecule has 0 bridgehead atoms. The molecule has 0 aromatic rings. The normalized spacial score (nSPS) is 10.5. The summed E-state index contributed by atoms with van der Waals surface area (Å²) in [5, 5.41) is 0. The van der Waals surface area contributed by atoms with Gasteiger partial charge in [-0.2, -0.15) is 0 Å². The molecular formula is C8H14O3. The van der Waals surface area contributed by atoms with Gasteiger partial charge in [0.2, 0.25) is 0 Å². The van der Waals surface area contributed by atoms with Crippen LogP contribution in [0, 0.1) is 5.41 Å². The minimum Gasteiger partial charge on any atom is -0.437 e. The zero-order chi connectivity index (χ0) is 9.07. The number of carbonyl (C=O) groups is 1. The fraction of sp³-hybridized carbons (Fsp3) is 0.625. The Morgan fingerprint density at radius 1 is 1.36 bits per heavy atom. The van der Waals surface area contributed by atoms with Gasteiger partial charge >= 0.3 is 6.16 Å². The average molecular weight is 158 g/mol. The molecule has 11 heavy (non-hydrogen) atoms. The lowest BCUT2D eigenvalue weighted by molar-refractivity contribution is 0.0826. The minimum absolute atomic E-state index is 0.228. The van der Waals surface area contributed by atoms with Crippen LogP contribution in [0.15, 0.2) is 12.3 Å². The number of carbonyl (C=O) groups excluding carboxylic acids is 1. The van der Waals surface area contributed by atoms with E-state index in [1.54, 1.807) is 0 Å².